The Bertz CT molecular complexity index is 531. The Kier molecular flexibility index (Phi) is 3.64. The number of hydrogen-bond acceptors (Lipinski definition) is 2. The van der Waals surface area contributed by atoms with E-state index in [1.165, 1.54) is 16.8 Å². The molecule has 0 aliphatic heterocycles. The third-order valence-corrected chi connectivity index (χ3v) is 3.41. The number of halogens is 1. The van der Waals surface area contributed by atoms with Gasteiger partial charge >= 0.3 is 0 Å². The molecule has 1 heterocycles. The van der Waals surface area contributed by atoms with Gasteiger partial charge < -0.3 is 5.73 Å². The first kappa shape index (κ1) is 12.3. The molecule has 1 aromatic heterocycles. The molecule has 0 bridgehead atoms. The molecule has 0 unspecified atom stereocenters. The number of nitrogens with zero attached hydrogens (tertiary/aromatic N) is 2. The quantitative estimate of drug-likeness (QED) is 0.946. The molecular formula is C13H16BrN3. The third kappa shape index (κ3) is 2.42. The van der Waals surface area contributed by atoms with Crippen molar-refractivity contribution in [2.24, 2.45) is 5.73 Å². The minimum atomic E-state index is 0.659. The van der Waals surface area contributed by atoms with Gasteiger partial charge in [-0.25, -0.2) is 4.68 Å². The Balaban J connectivity index is 2.46. The molecule has 0 spiro atoms. The second-order valence-electron chi connectivity index (χ2n) is 4.14. The lowest BCUT2D eigenvalue weighted by atomic mass is 10.1. The van der Waals surface area contributed by atoms with Crippen molar-refractivity contribution in [3.8, 4) is 5.69 Å². The molecule has 1 aromatic carbocycles. The van der Waals surface area contributed by atoms with Crippen molar-refractivity contribution in [1.29, 1.82) is 0 Å². The molecule has 0 radical (unpaired) electrons. The highest BCUT2D eigenvalue weighted by Gasteiger charge is 2.09. The van der Waals surface area contributed by atoms with Crippen LogP contribution in [0.5, 0.6) is 0 Å². The van der Waals surface area contributed by atoms with Crippen LogP contribution in [0.15, 0.2) is 28.9 Å². The summed E-state index contributed by atoms with van der Waals surface area (Å²) in [6.45, 7) is 4.83. The summed E-state index contributed by atoms with van der Waals surface area (Å²) >= 11 is 3.47. The van der Waals surface area contributed by atoms with Gasteiger partial charge in [0.2, 0.25) is 0 Å². The smallest absolute Gasteiger partial charge is 0.0678 e. The Hall–Kier alpha value is -1.13. The molecule has 2 N–H and O–H groups in total. The van der Waals surface area contributed by atoms with Crippen LogP contribution in [-0.2, 0) is 6.42 Å². The topological polar surface area (TPSA) is 43.8 Å². The van der Waals surface area contributed by atoms with Crippen molar-refractivity contribution in [2.45, 2.75) is 20.3 Å². The van der Waals surface area contributed by atoms with Crippen LogP contribution in [0.4, 0.5) is 0 Å². The summed E-state index contributed by atoms with van der Waals surface area (Å²) in [4.78, 5) is 0. The van der Waals surface area contributed by atoms with Crippen LogP contribution < -0.4 is 5.73 Å². The van der Waals surface area contributed by atoms with Gasteiger partial charge in [0.25, 0.3) is 0 Å². The fraction of sp³-hybridized carbons (Fsp3) is 0.308. The molecule has 0 fully saturated rings. The van der Waals surface area contributed by atoms with E-state index in [4.69, 9.17) is 5.73 Å². The molecule has 0 atom stereocenters. The van der Waals surface area contributed by atoms with Crippen molar-refractivity contribution in [3.63, 3.8) is 0 Å². The highest BCUT2D eigenvalue weighted by Crippen LogP contribution is 2.21. The van der Waals surface area contributed by atoms with Crippen LogP contribution >= 0.6 is 15.9 Å². The van der Waals surface area contributed by atoms with Crippen LogP contribution in [0.25, 0.3) is 5.69 Å². The minimum absolute atomic E-state index is 0.659. The Morgan fingerprint density at radius 1 is 1.35 bits per heavy atom. The largest absolute Gasteiger partial charge is 0.330 e. The Morgan fingerprint density at radius 2 is 2.12 bits per heavy atom. The number of benzene rings is 1. The van der Waals surface area contributed by atoms with E-state index < -0.39 is 0 Å². The molecule has 0 amide bonds. The Morgan fingerprint density at radius 3 is 2.76 bits per heavy atom. The minimum Gasteiger partial charge on any atom is -0.330 e. The van der Waals surface area contributed by atoms with E-state index in [2.05, 4.69) is 47.0 Å². The maximum absolute atomic E-state index is 5.58. The number of rotatable bonds is 3. The predicted octanol–water partition coefficient (Wildman–Crippen LogP) is 2.75. The maximum atomic E-state index is 5.58. The van der Waals surface area contributed by atoms with Gasteiger partial charge in [0.05, 0.1) is 11.9 Å². The lowest BCUT2D eigenvalue weighted by Crippen LogP contribution is -2.05. The Labute approximate surface area is 110 Å². The molecule has 0 saturated heterocycles. The standard InChI is InChI=1S/C13H16BrN3/c1-9-7-12(14)3-4-13(9)17-10(2)11(5-6-15)8-16-17/h3-4,7-8H,5-6,15H2,1-2H3. The van der Waals surface area contributed by atoms with E-state index in [0.717, 1.165) is 16.6 Å². The van der Waals surface area contributed by atoms with Gasteiger partial charge in [-0.2, -0.15) is 5.10 Å². The summed E-state index contributed by atoms with van der Waals surface area (Å²) in [5.41, 5.74) is 10.3. The molecular weight excluding hydrogens is 278 g/mol. The highest BCUT2D eigenvalue weighted by molar-refractivity contribution is 9.10. The summed E-state index contributed by atoms with van der Waals surface area (Å²) in [6, 6.07) is 6.21. The van der Waals surface area contributed by atoms with Crippen molar-refractivity contribution in [1.82, 2.24) is 9.78 Å². The molecule has 17 heavy (non-hydrogen) atoms. The van der Waals surface area contributed by atoms with Gasteiger partial charge in [-0.3, -0.25) is 0 Å². The summed E-state index contributed by atoms with van der Waals surface area (Å²) < 4.78 is 3.07. The lowest BCUT2D eigenvalue weighted by Gasteiger charge is -2.09. The zero-order valence-electron chi connectivity index (χ0n) is 10.1. The lowest BCUT2D eigenvalue weighted by molar-refractivity contribution is 0.835. The monoisotopic (exact) mass is 293 g/mol. The van der Waals surface area contributed by atoms with E-state index in [1.807, 2.05) is 16.9 Å². The third-order valence-electron chi connectivity index (χ3n) is 2.91. The van der Waals surface area contributed by atoms with Crippen LogP contribution in [0.3, 0.4) is 0 Å². The van der Waals surface area contributed by atoms with Gasteiger partial charge in [-0.15, -0.1) is 0 Å². The van der Waals surface area contributed by atoms with E-state index >= 15 is 0 Å². The van der Waals surface area contributed by atoms with Crippen molar-refractivity contribution < 1.29 is 0 Å². The highest BCUT2D eigenvalue weighted by atomic mass is 79.9. The summed E-state index contributed by atoms with van der Waals surface area (Å²) in [5.74, 6) is 0. The average Bonchev–Trinajstić information content (AvgIpc) is 2.62. The molecule has 0 saturated carbocycles. The van der Waals surface area contributed by atoms with Crippen molar-refractivity contribution >= 4 is 15.9 Å². The SMILES string of the molecule is Cc1cc(Br)ccc1-n1ncc(CCN)c1C. The zero-order chi connectivity index (χ0) is 12.4. The predicted molar refractivity (Wildman–Crippen MR) is 73.5 cm³/mol. The van der Waals surface area contributed by atoms with Crippen LogP contribution in [0.1, 0.15) is 16.8 Å². The van der Waals surface area contributed by atoms with Crippen LogP contribution in [0, 0.1) is 13.8 Å². The molecule has 3 nitrogen and oxygen atoms in total. The first-order valence-corrected chi connectivity index (χ1v) is 6.43. The molecule has 2 aromatic rings. The first-order chi connectivity index (χ1) is 8.13. The van der Waals surface area contributed by atoms with Gasteiger partial charge in [0, 0.05) is 10.2 Å². The van der Waals surface area contributed by atoms with Crippen molar-refractivity contribution in [3.05, 3.63) is 45.7 Å². The van der Waals surface area contributed by atoms with Crippen molar-refractivity contribution in [2.75, 3.05) is 6.54 Å². The maximum Gasteiger partial charge on any atom is 0.0678 e. The summed E-state index contributed by atoms with van der Waals surface area (Å²) in [5, 5.41) is 4.44. The van der Waals surface area contributed by atoms with Crippen LogP contribution in [-0.4, -0.2) is 16.3 Å². The van der Waals surface area contributed by atoms with E-state index in [-0.39, 0.29) is 0 Å². The molecule has 2 rings (SSSR count). The number of hydrogen-bond donors (Lipinski definition) is 1. The normalized spacial score (nSPS) is 10.8. The average molecular weight is 294 g/mol. The van der Waals surface area contributed by atoms with E-state index in [9.17, 15) is 0 Å². The molecule has 90 valence electrons. The zero-order valence-corrected chi connectivity index (χ0v) is 11.7. The van der Waals surface area contributed by atoms with Gasteiger partial charge in [0.15, 0.2) is 0 Å². The second-order valence-corrected chi connectivity index (χ2v) is 5.05. The fourth-order valence-corrected chi connectivity index (χ4v) is 2.42. The summed E-state index contributed by atoms with van der Waals surface area (Å²) in [7, 11) is 0. The fourth-order valence-electron chi connectivity index (χ4n) is 1.94. The number of aromatic nitrogens is 2. The van der Waals surface area contributed by atoms with Gasteiger partial charge in [0.1, 0.15) is 0 Å². The first-order valence-electron chi connectivity index (χ1n) is 5.63. The molecule has 0 aliphatic carbocycles. The summed E-state index contributed by atoms with van der Waals surface area (Å²) in [6.07, 6.45) is 2.78. The van der Waals surface area contributed by atoms with E-state index in [0.29, 0.717) is 6.54 Å². The number of aryl methyl sites for hydroxylation is 1. The number of nitrogens with two attached hydrogens (primary N) is 1. The van der Waals surface area contributed by atoms with Crippen LogP contribution in [0.2, 0.25) is 0 Å². The van der Waals surface area contributed by atoms with E-state index in [1.54, 1.807) is 0 Å². The second kappa shape index (κ2) is 5.02. The molecule has 0 aliphatic rings. The molecule has 4 heteroatoms. The van der Waals surface area contributed by atoms with Gasteiger partial charge in [-0.05, 0) is 56.1 Å². The van der Waals surface area contributed by atoms with Gasteiger partial charge in [-0.1, -0.05) is 15.9 Å².